The van der Waals surface area contributed by atoms with E-state index in [1.54, 1.807) is 11.8 Å². The third-order valence-electron chi connectivity index (χ3n) is 2.99. The van der Waals surface area contributed by atoms with Gasteiger partial charge in [-0.1, -0.05) is 38.4 Å². The van der Waals surface area contributed by atoms with Gasteiger partial charge in [0.2, 0.25) is 0 Å². The Bertz CT molecular complexity index is 581. The maximum atomic E-state index is 6.01. The van der Waals surface area contributed by atoms with Crippen LogP contribution in [-0.2, 0) is 18.7 Å². The second kappa shape index (κ2) is 8.18. The van der Waals surface area contributed by atoms with Crippen LogP contribution in [0.2, 0.25) is 5.02 Å². The zero-order chi connectivity index (χ0) is 15.2. The van der Waals surface area contributed by atoms with Crippen molar-refractivity contribution in [3.05, 3.63) is 44.9 Å². The Labute approximate surface area is 140 Å². The third kappa shape index (κ3) is 5.29. The number of hydrogen-bond donors (Lipinski definition) is 1. The highest BCUT2D eigenvalue weighted by atomic mass is 35.5. The molecule has 0 aliphatic carbocycles. The molecule has 0 bridgehead atoms. The normalized spacial score (nSPS) is 11.3. The largest absolute Gasteiger partial charge is 0.310 e. The molecule has 1 N–H and O–H groups in total. The molecule has 2 nitrogen and oxygen atoms in total. The Kier molecular flexibility index (Phi) is 6.55. The zero-order valence-corrected chi connectivity index (χ0v) is 15.0. The lowest BCUT2D eigenvalue weighted by molar-refractivity contribution is 0.590. The second-order valence-corrected chi connectivity index (χ2v) is 7.77. The number of thiazole rings is 1. The summed E-state index contributed by atoms with van der Waals surface area (Å²) < 4.78 is 0. The van der Waals surface area contributed by atoms with Crippen molar-refractivity contribution in [2.24, 2.45) is 0 Å². The Hall–Kier alpha value is -0.550. The summed E-state index contributed by atoms with van der Waals surface area (Å²) >= 11 is 9.62. The van der Waals surface area contributed by atoms with Crippen molar-refractivity contribution in [3.8, 4) is 0 Å². The molecule has 5 heteroatoms. The smallest absolute Gasteiger partial charge is 0.103 e. The topological polar surface area (TPSA) is 24.9 Å². The fourth-order valence-electron chi connectivity index (χ4n) is 1.91. The first-order valence-electron chi connectivity index (χ1n) is 7.17. The maximum absolute atomic E-state index is 6.01. The van der Waals surface area contributed by atoms with Gasteiger partial charge in [0, 0.05) is 27.4 Å². The molecule has 1 aromatic heterocycles. The second-order valence-electron chi connectivity index (χ2n) is 5.11. The van der Waals surface area contributed by atoms with Crippen LogP contribution < -0.4 is 5.32 Å². The fourth-order valence-corrected chi connectivity index (χ4v) is 4.22. The number of rotatable bonds is 7. The average Bonchev–Trinajstić information content (AvgIpc) is 2.85. The predicted octanol–water partition coefficient (Wildman–Crippen LogP) is 5.15. The molecule has 0 amide bonds. The van der Waals surface area contributed by atoms with Crippen molar-refractivity contribution in [2.75, 3.05) is 0 Å². The molecular weight excluding hydrogens is 320 g/mol. The summed E-state index contributed by atoms with van der Waals surface area (Å²) in [5, 5.41) is 5.46. The van der Waals surface area contributed by atoms with Gasteiger partial charge in [-0.05, 0) is 24.6 Å². The van der Waals surface area contributed by atoms with Gasteiger partial charge in [-0.15, -0.1) is 23.1 Å². The molecule has 0 unspecified atom stereocenters. The number of aromatic nitrogens is 1. The molecular formula is C16H21ClN2S2. The number of nitrogens with one attached hydrogen (secondary N) is 1. The Morgan fingerprint density at radius 2 is 2.19 bits per heavy atom. The van der Waals surface area contributed by atoms with Crippen LogP contribution in [-0.4, -0.2) is 11.0 Å². The minimum Gasteiger partial charge on any atom is -0.310 e. The lowest BCUT2D eigenvalue weighted by Gasteiger charge is -2.06. The van der Waals surface area contributed by atoms with E-state index < -0.39 is 0 Å². The fraction of sp³-hybridized carbons (Fsp3) is 0.438. The highest BCUT2D eigenvalue weighted by molar-refractivity contribution is 7.98. The first-order valence-corrected chi connectivity index (χ1v) is 9.35. The number of benzene rings is 1. The summed E-state index contributed by atoms with van der Waals surface area (Å²) in [5.74, 6) is 0.902. The van der Waals surface area contributed by atoms with E-state index in [1.165, 1.54) is 20.5 Å². The lowest BCUT2D eigenvalue weighted by Crippen LogP contribution is -2.21. The van der Waals surface area contributed by atoms with E-state index in [1.807, 2.05) is 29.5 Å². The molecule has 0 saturated carbocycles. The molecule has 0 spiro atoms. The van der Waals surface area contributed by atoms with Gasteiger partial charge in [-0.25, -0.2) is 4.98 Å². The van der Waals surface area contributed by atoms with Crippen molar-refractivity contribution in [1.82, 2.24) is 10.3 Å². The Balaban J connectivity index is 2.00. The number of aryl methyl sites for hydroxylation is 1. The van der Waals surface area contributed by atoms with Gasteiger partial charge in [0.25, 0.3) is 0 Å². The summed E-state index contributed by atoms with van der Waals surface area (Å²) in [6.45, 7) is 7.42. The number of thioether (sulfide) groups is 1. The van der Waals surface area contributed by atoms with Gasteiger partial charge in [0.15, 0.2) is 0 Å². The van der Waals surface area contributed by atoms with Crippen LogP contribution in [0.4, 0.5) is 0 Å². The summed E-state index contributed by atoms with van der Waals surface area (Å²) in [5.41, 5.74) is 1.23. The summed E-state index contributed by atoms with van der Waals surface area (Å²) in [4.78, 5) is 7.33. The van der Waals surface area contributed by atoms with Gasteiger partial charge in [0.1, 0.15) is 5.01 Å². The van der Waals surface area contributed by atoms with Crippen LogP contribution in [0.15, 0.2) is 29.2 Å². The molecule has 0 aliphatic rings. The van der Waals surface area contributed by atoms with Gasteiger partial charge in [-0.2, -0.15) is 0 Å². The van der Waals surface area contributed by atoms with Crippen molar-refractivity contribution < 1.29 is 0 Å². The molecule has 0 radical (unpaired) electrons. The molecule has 0 atom stereocenters. The van der Waals surface area contributed by atoms with E-state index in [4.69, 9.17) is 16.6 Å². The molecule has 0 fully saturated rings. The highest BCUT2D eigenvalue weighted by Crippen LogP contribution is 2.28. The van der Waals surface area contributed by atoms with Gasteiger partial charge in [0.05, 0.1) is 11.4 Å². The van der Waals surface area contributed by atoms with E-state index in [2.05, 4.69) is 32.2 Å². The number of nitrogens with zero attached hydrogens (tertiary/aromatic N) is 1. The first-order chi connectivity index (χ1) is 10.1. The van der Waals surface area contributed by atoms with Crippen molar-refractivity contribution in [3.63, 3.8) is 0 Å². The molecule has 1 heterocycles. The Morgan fingerprint density at radius 1 is 1.38 bits per heavy atom. The summed E-state index contributed by atoms with van der Waals surface area (Å²) in [6.07, 6.45) is 0.993. The van der Waals surface area contributed by atoms with E-state index in [-0.39, 0.29) is 0 Å². The van der Waals surface area contributed by atoms with Gasteiger partial charge in [-0.3, -0.25) is 0 Å². The first kappa shape index (κ1) is 16.8. The van der Waals surface area contributed by atoms with E-state index in [0.717, 1.165) is 23.7 Å². The van der Waals surface area contributed by atoms with Crippen LogP contribution in [0.1, 0.15) is 36.3 Å². The van der Waals surface area contributed by atoms with E-state index >= 15 is 0 Å². The van der Waals surface area contributed by atoms with Crippen LogP contribution >= 0.6 is 34.7 Å². The van der Waals surface area contributed by atoms with Crippen LogP contribution in [0.3, 0.4) is 0 Å². The SMILES string of the molecule is CCc1nc(CSc2cccc(Cl)c2)sc1CNC(C)C. The van der Waals surface area contributed by atoms with E-state index in [0.29, 0.717) is 6.04 Å². The predicted molar refractivity (Wildman–Crippen MR) is 94.5 cm³/mol. The molecule has 21 heavy (non-hydrogen) atoms. The summed E-state index contributed by atoms with van der Waals surface area (Å²) in [7, 11) is 0. The molecule has 1 aromatic carbocycles. The number of halogens is 1. The van der Waals surface area contributed by atoms with Crippen molar-refractivity contribution >= 4 is 34.7 Å². The van der Waals surface area contributed by atoms with Crippen molar-refractivity contribution in [1.29, 1.82) is 0 Å². The van der Waals surface area contributed by atoms with E-state index in [9.17, 15) is 0 Å². The van der Waals surface area contributed by atoms with Crippen molar-refractivity contribution in [2.45, 2.75) is 50.4 Å². The van der Waals surface area contributed by atoms with Gasteiger partial charge < -0.3 is 5.32 Å². The molecule has 2 aromatic rings. The highest BCUT2D eigenvalue weighted by Gasteiger charge is 2.10. The molecule has 0 saturated heterocycles. The monoisotopic (exact) mass is 340 g/mol. The lowest BCUT2D eigenvalue weighted by atomic mass is 10.3. The number of hydrogen-bond acceptors (Lipinski definition) is 4. The zero-order valence-electron chi connectivity index (χ0n) is 12.6. The van der Waals surface area contributed by atoms with Crippen LogP contribution in [0.25, 0.3) is 0 Å². The summed E-state index contributed by atoms with van der Waals surface area (Å²) in [6, 6.07) is 8.48. The molecule has 0 aliphatic heterocycles. The quantitative estimate of drug-likeness (QED) is 0.705. The maximum Gasteiger partial charge on any atom is 0.103 e. The minimum atomic E-state index is 0.501. The average molecular weight is 341 g/mol. The molecule has 2 rings (SSSR count). The minimum absolute atomic E-state index is 0.501. The Morgan fingerprint density at radius 3 is 2.86 bits per heavy atom. The third-order valence-corrected chi connectivity index (χ3v) is 5.51. The van der Waals surface area contributed by atoms with Crippen LogP contribution in [0.5, 0.6) is 0 Å². The van der Waals surface area contributed by atoms with Crippen LogP contribution in [0, 0.1) is 0 Å². The standard InChI is InChI=1S/C16H21ClN2S2/c1-4-14-15(9-18-11(2)3)21-16(19-14)10-20-13-7-5-6-12(17)8-13/h5-8,11,18H,4,9-10H2,1-3H3. The molecule has 114 valence electrons. The van der Waals surface area contributed by atoms with Gasteiger partial charge >= 0.3 is 0 Å².